The summed E-state index contributed by atoms with van der Waals surface area (Å²) in [4.78, 5) is 13.6. The van der Waals surface area contributed by atoms with Crippen molar-refractivity contribution in [3.8, 4) is 0 Å². The number of aromatic carboxylic acids is 1. The first-order valence-corrected chi connectivity index (χ1v) is 6.85. The van der Waals surface area contributed by atoms with E-state index in [4.69, 9.17) is 0 Å². The van der Waals surface area contributed by atoms with Gasteiger partial charge in [-0.05, 0) is 51.4 Å². The molecular weight excluding hydrogens is 240 g/mol. The van der Waals surface area contributed by atoms with Gasteiger partial charge in [0.25, 0.3) is 0 Å². The normalized spacial score (nSPS) is 19.5. The van der Waals surface area contributed by atoms with Crippen LogP contribution in [0.3, 0.4) is 0 Å². The molecule has 4 nitrogen and oxygen atoms in total. The average Bonchev–Trinajstić information content (AvgIpc) is 2.39. The average molecular weight is 262 g/mol. The number of hydrogen-bond donors (Lipinski definition) is 2. The molecule has 1 aromatic carbocycles. The summed E-state index contributed by atoms with van der Waals surface area (Å²) in [5.41, 5.74) is 2.27. The van der Waals surface area contributed by atoms with Gasteiger partial charge >= 0.3 is 5.97 Å². The maximum Gasteiger partial charge on any atom is 0.337 e. The molecule has 0 bridgehead atoms. The van der Waals surface area contributed by atoms with Crippen LogP contribution in [0, 0.1) is 12.8 Å². The van der Waals surface area contributed by atoms with Gasteiger partial charge in [0.05, 0.1) is 11.3 Å². The number of aryl methyl sites for hydroxylation is 1. The number of carbonyl (C=O) groups is 1. The molecule has 0 amide bonds. The lowest BCUT2D eigenvalue weighted by Crippen LogP contribution is -2.39. The van der Waals surface area contributed by atoms with Crippen LogP contribution in [0.15, 0.2) is 18.2 Å². The summed E-state index contributed by atoms with van der Waals surface area (Å²) in [5, 5.41) is 12.6. The molecule has 0 aliphatic carbocycles. The molecule has 1 aliphatic rings. The van der Waals surface area contributed by atoms with Crippen LogP contribution in [0.5, 0.6) is 0 Å². The summed E-state index contributed by atoms with van der Waals surface area (Å²) in [6, 6.07) is 5.70. The van der Waals surface area contributed by atoms with Gasteiger partial charge in [-0.25, -0.2) is 4.79 Å². The van der Waals surface area contributed by atoms with Crippen molar-refractivity contribution >= 4 is 11.7 Å². The van der Waals surface area contributed by atoms with Crippen molar-refractivity contribution < 1.29 is 9.90 Å². The zero-order valence-corrected chi connectivity index (χ0v) is 11.6. The second-order valence-electron chi connectivity index (χ2n) is 5.34. The van der Waals surface area contributed by atoms with Gasteiger partial charge in [0.1, 0.15) is 0 Å². The van der Waals surface area contributed by atoms with E-state index in [1.165, 1.54) is 6.42 Å². The molecule has 1 atom stereocenters. The molecule has 1 aliphatic heterocycles. The SMILES string of the molecule is CNCC1CCCN(c2ccc(C)cc2C(=O)O)C1. The monoisotopic (exact) mass is 262 g/mol. The van der Waals surface area contributed by atoms with Gasteiger partial charge in [-0.2, -0.15) is 0 Å². The molecule has 0 radical (unpaired) electrons. The maximum absolute atomic E-state index is 11.4. The minimum atomic E-state index is -0.838. The first-order chi connectivity index (χ1) is 9.11. The molecule has 2 N–H and O–H groups in total. The molecular formula is C15H22N2O2. The molecule has 1 aromatic rings. The van der Waals surface area contributed by atoms with E-state index < -0.39 is 5.97 Å². The molecule has 2 rings (SSSR count). The van der Waals surface area contributed by atoms with E-state index in [0.717, 1.165) is 37.3 Å². The molecule has 104 valence electrons. The highest BCUT2D eigenvalue weighted by molar-refractivity contribution is 5.94. The highest BCUT2D eigenvalue weighted by Crippen LogP contribution is 2.27. The Kier molecular flexibility index (Phi) is 4.43. The lowest BCUT2D eigenvalue weighted by atomic mass is 9.96. The summed E-state index contributed by atoms with van der Waals surface area (Å²) in [6.07, 6.45) is 2.34. The zero-order chi connectivity index (χ0) is 13.8. The minimum absolute atomic E-state index is 0.421. The minimum Gasteiger partial charge on any atom is -0.478 e. The Hall–Kier alpha value is -1.55. The predicted molar refractivity (Wildman–Crippen MR) is 77.0 cm³/mol. The number of hydrogen-bond acceptors (Lipinski definition) is 3. The van der Waals surface area contributed by atoms with E-state index in [2.05, 4.69) is 10.2 Å². The lowest BCUT2D eigenvalue weighted by molar-refractivity contribution is 0.0697. The number of nitrogens with one attached hydrogen (secondary N) is 1. The third-order valence-corrected chi connectivity index (χ3v) is 3.73. The summed E-state index contributed by atoms with van der Waals surface area (Å²) in [7, 11) is 1.97. The Bertz CT molecular complexity index is 457. The molecule has 19 heavy (non-hydrogen) atoms. The number of rotatable bonds is 4. The number of carboxylic acid groups (broad SMARTS) is 1. The number of nitrogens with zero attached hydrogens (tertiary/aromatic N) is 1. The third-order valence-electron chi connectivity index (χ3n) is 3.73. The van der Waals surface area contributed by atoms with Gasteiger partial charge < -0.3 is 15.3 Å². The maximum atomic E-state index is 11.4. The van der Waals surface area contributed by atoms with Gasteiger partial charge in [-0.15, -0.1) is 0 Å². The highest BCUT2D eigenvalue weighted by Gasteiger charge is 2.23. The molecule has 0 aromatic heterocycles. The number of benzene rings is 1. The lowest BCUT2D eigenvalue weighted by Gasteiger charge is -2.35. The van der Waals surface area contributed by atoms with Gasteiger partial charge in [0, 0.05) is 13.1 Å². The summed E-state index contributed by atoms with van der Waals surface area (Å²) in [5.74, 6) is -0.240. The standard InChI is InChI=1S/C15H22N2O2/c1-11-5-6-14(13(8-11)15(18)19)17-7-3-4-12(10-17)9-16-2/h5-6,8,12,16H,3-4,7,9-10H2,1-2H3,(H,18,19). The van der Waals surface area contributed by atoms with Gasteiger partial charge in [0.15, 0.2) is 0 Å². The molecule has 1 fully saturated rings. The second kappa shape index (κ2) is 6.06. The van der Waals surface area contributed by atoms with Crippen molar-refractivity contribution in [1.29, 1.82) is 0 Å². The molecule has 1 unspecified atom stereocenters. The van der Waals surface area contributed by atoms with Crippen molar-refractivity contribution in [1.82, 2.24) is 5.32 Å². The van der Waals surface area contributed by atoms with E-state index >= 15 is 0 Å². The molecule has 1 saturated heterocycles. The van der Waals surface area contributed by atoms with Crippen LogP contribution < -0.4 is 10.2 Å². The van der Waals surface area contributed by atoms with E-state index in [0.29, 0.717) is 11.5 Å². The Morgan fingerprint density at radius 3 is 3.00 bits per heavy atom. The van der Waals surface area contributed by atoms with Gasteiger partial charge in [-0.1, -0.05) is 11.6 Å². The van der Waals surface area contributed by atoms with Crippen molar-refractivity contribution in [2.24, 2.45) is 5.92 Å². The number of anilines is 1. The first kappa shape index (κ1) is 13.9. The van der Waals surface area contributed by atoms with Crippen molar-refractivity contribution in [2.75, 3.05) is 31.6 Å². The molecule has 1 heterocycles. The highest BCUT2D eigenvalue weighted by atomic mass is 16.4. The third kappa shape index (κ3) is 3.26. The number of carboxylic acids is 1. The summed E-state index contributed by atoms with van der Waals surface area (Å²) >= 11 is 0. The fourth-order valence-electron chi connectivity index (χ4n) is 2.84. The molecule has 0 saturated carbocycles. The van der Waals surface area contributed by atoms with E-state index in [1.54, 1.807) is 6.07 Å². The van der Waals surface area contributed by atoms with Crippen molar-refractivity contribution in [3.05, 3.63) is 29.3 Å². The Balaban J connectivity index is 2.23. The van der Waals surface area contributed by atoms with Crippen LogP contribution in [0.2, 0.25) is 0 Å². The Morgan fingerprint density at radius 1 is 1.53 bits per heavy atom. The first-order valence-electron chi connectivity index (χ1n) is 6.85. The van der Waals surface area contributed by atoms with Crippen LogP contribution in [0.1, 0.15) is 28.8 Å². The van der Waals surface area contributed by atoms with Crippen LogP contribution in [-0.4, -0.2) is 37.8 Å². The largest absolute Gasteiger partial charge is 0.478 e. The number of piperidine rings is 1. The Labute approximate surface area is 114 Å². The fraction of sp³-hybridized carbons (Fsp3) is 0.533. The van der Waals surface area contributed by atoms with Gasteiger partial charge in [0.2, 0.25) is 0 Å². The quantitative estimate of drug-likeness (QED) is 0.873. The van der Waals surface area contributed by atoms with E-state index in [1.807, 2.05) is 26.1 Å². The van der Waals surface area contributed by atoms with Crippen LogP contribution in [-0.2, 0) is 0 Å². The molecule has 0 spiro atoms. The molecule has 4 heteroatoms. The second-order valence-corrected chi connectivity index (χ2v) is 5.34. The summed E-state index contributed by atoms with van der Waals surface area (Å²) < 4.78 is 0. The van der Waals surface area contributed by atoms with Crippen LogP contribution in [0.25, 0.3) is 0 Å². The Morgan fingerprint density at radius 2 is 2.32 bits per heavy atom. The predicted octanol–water partition coefficient (Wildman–Crippen LogP) is 2.13. The topological polar surface area (TPSA) is 52.6 Å². The van der Waals surface area contributed by atoms with E-state index in [9.17, 15) is 9.90 Å². The van der Waals surface area contributed by atoms with Crippen molar-refractivity contribution in [2.45, 2.75) is 19.8 Å². The van der Waals surface area contributed by atoms with Gasteiger partial charge in [-0.3, -0.25) is 0 Å². The van der Waals surface area contributed by atoms with E-state index in [-0.39, 0.29) is 0 Å². The van der Waals surface area contributed by atoms with Crippen LogP contribution in [0.4, 0.5) is 5.69 Å². The fourth-order valence-corrected chi connectivity index (χ4v) is 2.84. The zero-order valence-electron chi connectivity index (χ0n) is 11.6. The van der Waals surface area contributed by atoms with Crippen molar-refractivity contribution in [3.63, 3.8) is 0 Å². The smallest absolute Gasteiger partial charge is 0.337 e. The van der Waals surface area contributed by atoms with Crippen LogP contribution >= 0.6 is 0 Å². The summed E-state index contributed by atoms with van der Waals surface area (Å²) in [6.45, 7) is 4.80.